The molecule has 23 heavy (non-hydrogen) atoms. The van der Waals surface area contributed by atoms with Gasteiger partial charge < -0.3 is 10.1 Å². The second kappa shape index (κ2) is 5.12. The van der Waals surface area contributed by atoms with E-state index in [-0.39, 0.29) is 0 Å². The van der Waals surface area contributed by atoms with Crippen molar-refractivity contribution in [1.29, 1.82) is 0 Å². The summed E-state index contributed by atoms with van der Waals surface area (Å²) in [6.45, 7) is 0.934. The van der Waals surface area contributed by atoms with Gasteiger partial charge in [-0.1, -0.05) is 0 Å². The fraction of sp³-hybridized carbons (Fsp3) is 0.750. The number of ether oxygens (including phenoxy) is 1. The van der Waals surface area contributed by atoms with Gasteiger partial charge in [-0.25, -0.2) is 4.98 Å². The van der Waals surface area contributed by atoms with Gasteiger partial charge in [0.15, 0.2) is 0 Å². The summed E-state index contributed by atoms with van der Waals surface area (Å²) < 4.78 is 6.49. The summed E-state index contributed by atoms with van der Waals surface area (Å²) >= 11 is 0. The molecule has 1 aromatic heterocycles. The molecule has 0 amide bonds. The highest BCUT2D eigenvalue weighted by Gasteiger charge is 2.51. The van der Waals surface area contributed by atoms with E-state index in [0.29, 0.717) is 11.3 Å². The maximum atomic E-state index is 6.49. The van der Waals surface area contributed by atoms with Crippen LogP contribution in [0.1, 0.15) is 62.8 Å². The van der Waals surface area contributed by atoms with E-state index in [9.17, 15) is 0 Å². The summed E-state index contributed by atoms with van der Waals surface area (Å²) in [4.78, 5) is 4.50. The highest BCUT2D eigenvalue weighted by atomic mass is 16.5. The standard InChI is InChI=1S/C20H28N2O/c1-21-19-7-18(17(11-22-19)16-2-3-16)23-12-20-8-13-4-14(9-20)6-15(5-13)10-20/h7,11,13-16H,2-6,8-10,12H2,1H3,(H,21,22). The minimum absolute atomic E-state index is 0.485. The molecule has 5 aliphatic rings. The molecule has 3 heteroatoms. The van der Waals surface area contributed by atoms with Crippen LogP contribution in [0.2, 0.25) is 0 Å². The Hall–Kier alpha value is -1.25. The van der Waals surface area contributed by atoms with Gasteiger partial charge in [0.1, 0.15) is 11.6 Å². The zero-order chi connectivity index (χ0) is 15.4. The number of aromatic nitrogens is 1. The first-order valence-corrected chi connectivity index (χ1v) is 9.53. The molecule has 0 spiro atoms. The first-order chi connectivity index (χ1) is 11.2. The zero-order valence-corrected chi connectivity index (χ0v) is 14.2. The Balaban J connectivity index is 1.36. The third kappa shape index (κ3) is 2.53. The molecule has 1 heterocycles. The second-order valence-corrected chi connectivity index (χ2v) is 8.84. The minimum atomic E-state index is 0.485. The fourth-order valence-corrected chi connectivity index (χ4v) is 6.11. The summed E-state index contributed by atoms with van der Waals surface area (Å²) in [5, 5.41) is 3.16. The molecule has 0 aliphatic heterocycles. The smallest absolute Gasteiger partial charge is 0.129 e. The number of rotatable bonds is 5. The number of hydrogen-bond donors (Lipinski definition) is 1. The summed E-state index contributed by atoms with van der Waals surface area (Å²) in [5.74, 6) is 5.71. The Labute approximate surface area is 139 Å². The van der Waals surface area contributed by atoms with E-state index in [2.05, 4.69) is 16.4 Å². The van der Waals surface area contributed by atoms with Gasteiger partial charge in [0.05, 0.1) is 6.61 Å². The third-order valence-corrected chi connectivity index (χ3v) is 6.87. The molecule has 6 rings (SSSR count). The summed E-state index contributed by atoms with van der Waals surface area (Å²) in [5.41, 5.74) is 1.83. The fourth-order valence-electron chi connectivity index (χ4n) is 6.11. The molecule has 0 saturated heterocycles. The summed E-state index contributed by atoms with van der Waals surface area (Å²) in [7, 11) is 1.93. The van der Waals surface area contributed by atoms with Crippen LogP contribution >= 0.6 is 0 Å². The highest BCUT2D eigenvalue weighted by molar-refractivity contribution is 5.47. The molecular formula is C20H28N2O. The van der Waals surface area contributed by atoms with Gasteiger partial charge in [-0.3, -0.25) is 0 Å². The number of pyridine rings is 1. The SMILES string of the molecule is CNc1cc(OCC23CC4CC(CC(C4)C2)C3)c(C2CC2)cn1. The van der Waals surface area contributed by atoms with Crippen LogP contribution in [0.4, 0.5) is 5.82 Å². The molecule has 0 aromatic carbocycles. The van der Waals surface area contributed by atoms with Crippen molar-refractivity contribution in [1.82, 2.24) is 4.98 Å². The van der Waals surface area contributed by atoms with Gasteiger partial charge in [-0.05, 0) is 75.0 Å². The molecule has 1 aromatic rings. The molecule has 124 valence electrons. The van der Waals surface area contributed by atoms with Crippen molar-refractivity contribution < 1.29 is 4.74 Å². The van der Waals surface area contributed by atoms with Crippen molar-refractivity contribution >= 4 is 5.82 Å². The Morgan fingerprint density at radius 2 is 1.78 bits per heavy atom. The highest BCUT2D eigenvalue weighted by Crippen LogP contribution is 2.60. The van der Waals surface area contributed by atoms with Crippen molar-refractivity contribution in [3.8, 4) is 5.75 Å². The van der Waals surface area contributed by atoms with Gasteiger partial charge in [0.2, 0.25) is 0 Å². The molecule has 4 bridgehead atoms. The van der Waals surface area contributed by atoms with E-state index >= 15 is 0 Å². The van der Waals surface area contributed by atoms with Crippen LogP contribution < -0.4 is 10.1 Å². The van der Waals surface area contributed by atoms with Gasteiger partial charge >= 0.3 is 0 Å². The maximum Gasteiger partial charge on any atom is 0.129 e. The van der Waals surface area contributed by atoms with Gasteiger partial charge in [0, 0.05) is 30.3 Å². The van der Waals surface area contributed by atoms with Crippen LogP contribution in [0.15, 0.2) is 12.3 Å². The summed E-state index contributed by atoms with van der Waals surface area (Å²) in [6, 6.07) is 2.12. The van der Waals surface area contributed by atoms with Crippen LogP contribution in [0.25, 0.3) is 0 Å². The van der Waals surface area contributed by atoms with Crippen molar-refractivity contribution in [2.24, 2.45) is 23.2 Å². The average Bonchev–Trinajstić information content (AvgIpc) is 3.36. The van der Waals surface area contributed by atoms with Crippen LogP contribution in [-0.4, -0.2) is 18.6 Å². The molecule has 5 aliphatic carbocycles. The van der Waals surface area contributed by atoms with E-state index in [1.54, 1.807) is 0 Å². The maximum absolute atomic E-state index is 6.49. The largest absolute Gasteiger partial charge is 0.493 e. The quantitative estimate of drug-likeness (QED) is 0.863. The lowest BCUT2D eigenvalue weighted by molar-refractivity contribution is -0.0746. The normalized spacial score (nSPS) is 37.9. The second-order valence-electron chi connectivity index (χ2n) is 8.84. The predicted molar refractivity (Wildman–Crippen MR) is 91.9 cm³/mol. The number of hydrogen-bond acceptors (Lipinski definition) is 3. The van der Waals surface area contributed by atoms with Crippen molar-refractivity contribution in [3.63, 3.8) is 0 Å². The number of nitrogens with one attached hydrogen (secondary N) is 1. The molecular weight excluding hydrogens is 284 g/mol. The summed E-state index contributed by atoms with van der Waals surface area (Å²) in [6.07, 6.45) is 13.4. The zero-order valence-electron chi connectivity index (χ0n) is 14.2. The first kappa shape index (κ1) is 14.1. The lowest BCUT2D eigenvalue weighted by Gasteiger charge is -2.56. The van der Waals surface area contributed by atoms with Crippen LogP contribution in [0.3, 0.4) is 0 Å². The molecule has 1 N–H and O–H groups in total. The molecule has 0 radical (unpaired) electrons. The van der Waals surface area contributed by atoms with Crippen LogP contribution in [-0.2, 0) is 0 Å². The van der Waals surface area contributed by atoms with Crippen LogP contribution in [0.5, 0.6) is 5.75 Å². The number of nitrogens with zero attached hydrogens (tertiary/aromatic N) is 1. The minimum Gasteiger partial charge on any atom is -0.493 e. The Morgan fingerprint density at radius 1 is 1.13 bits per heavy atom. The van der Waals surface area contributed by atoms with Gasteiger partial charge in [-0.15, -0.1) is 0 Å². The third-order valence-electron chi connectivity index (χ3n) is 6.87. The topological polar surface area (TPSA) is 34.1 Å². The predicted octanol–water partition coefficient (Wildman–Crippen LogP) is 4.60. The Kier molecular flexibility index (Phi) is 3.15. The molecule has 0 atom stereocenters. The van der Waals surface area contributed by atoms with E-state index in [1.165, 1.54) is 56.9 Å². The molecule has 0 unspecified atom stereocenters. The van der Waals surface area contributed by atoms with E-state index in [4.69, 9.17) is 4.74 Å². The lowest BCUT2D eigenvalue weighted by Crippen LogP contribution is -2.48. The van der Waals surface area contributed by atoms with Crippen LogP contribution in [0, 0.1) is 23.2 Å². The van der Waals surface area contributed by atoms with E-state index < -0.39 is 0 Å². The van der Waals surface area contributed by atoms with Crippen molar-refractivity contribution in [2.75, 3.05) is 19.0 Å². The first-order valence-electron chi connectivity index (χ1n) is 9.53. The lowest BCUT2D eigenvalue weighted by atomic mass is 9.50. The van der Waals surface area contributed by atoms with Gasteiger partial charge in [-0.2, -0.15) is 0 Å². The molecule has 5 fully saturated rings. The Bertz CT molecular complexity index is 572. The molecule has 5 saturated carbocycles. The molecule has 3 nitrogen and oxygen atoms in total. The van der Waals surface area contributed by atoms with Crippen molar-refractivity contribution in [2.45, 2.75) is 57.3 Å². The van der Waals surface area contributed by atoms with E-state index in [1.807, 2.05) is 13.2 Å². The monoisotopic (exact) mass is 312 g/mol. The van der Waals surface area contributed by atoms with E-state index in [0.717, 1.165) is 35.9 Å². The van der Waals surface area contributed by atoms with Crippen molar-refractivity contribution in [3.05, 3.63) is 17.8 Å². The van der Waals surface area contributed by atoms with Gasteiger partial charge in [0.25, 0.3) is 0 Å². The average molecular weight is 312 g/mol. The Morgan fingerprint density at radius 3 is 2.35 bits per heavy atom. The number of anilines is 1.